The maximum Gasteiger partial charge on any atom is 0.492 e. The van der Waals surface area contributed by atoms with Gasteiger partial charge in [0.25, 0.3) is 5.91 Å². The molecule has 1 aromatic carbocycles. The van der Waals surface area contributed by atoms with Crippen LogP contribution in [0.4, 0.5) is 0 Å². The van der Waals surface area contributed by atoms with Gasteiger partial charge in [-0.1, -0.05) is 26.0 Å². The zero-order valence-electron chi connectivity index (χ0n) is 16.1. The van der Waals surface area contributed by atoms with Gasteiger partial charge >= 0.3 is 13.1 Å². The van der Waals surface area contributed by atoms with Gasteiger partial charge < -0.3 is 19.7 Å². The fourth-order valence-electron chi connectivity index (χ4n) is 3.20. The van der Waals surface area contributed by atoms with E-state index in [0.717, 1.165) is 11.1 Å². The van der Waals surface area contributed by atoms with Crippen molar-refractivity contribution in [3.8, 4) is 0 Å². The third-order valence-corrected chi connectivity index (χ3v) is 4.80. The summed E-state index contributed by atoms with van der Waals surface area (Å²) in [6.45, 7) is 5.84. The number of ether oxygens (including phenoxy) is 1. The molecule has 1 aromatic heterocycles. The number of hydrogen-bond donors (Lipinski definition) is 2. The molecule has 1 unspecified atom stereocenters. The zero-order valence-corrected chi connectivity index (χ0v) is 16.1. The molecule has 2 aromatic rings. The Morgan fingerprint density at radius 3 is 2.82 bits per heavy atom. The first-order valence-corrected chi connectivity index (χ1v) is 9.17. The number of benzene rings is 1. The smallest absolute Gasteiger partial charge is 0.459 e. The molecular weight excluding hydrogens is 359 g/mol. The van der Waals surface area contributed by atoms with Crippen molar-refractivity contribution in [3.63, 3.8) is 0 Å². The highest BCUT2D eigenvalue weighted by Crippen LogP contribution is 2.17. The van der Waals surface area contributed by atoms with Crippen LogP contribution in [0.5, 0.6) is 0 Å². The first-order valence-electron chi connectivity index (χ1n) is 9.17. The minimum atomic E-state index is -1.03. The molecule has 3 rings (SSSR count). The summed E-state index contributed by atoms with van der Waals surface area (Å²) in [5, 5.41) is 12.7. The molecule has 2 N–H and O–H groups in total. The van der Waals surface area contributed by atoms with Gasteiger partial charge in [-0.2, -0.15) is 0 Å². The summed E-state index contributed by atoms with van der Waals surface area (Å²) in [7, 11) is -1.03. The summed E-state index contributed by atoms with van der Waals surface area (Å²) in [6.07, 6.45) is 3.26. The number of pyridine rings is 1. The highest BCUT2D eigenvalue weighted by Gasteiger charge is 2.32. The third kappa shape index (κ3) is 4.23. The Kier molecular flexibility index (Phi) is 6.11. The molecule has 28 heavy (non-hydrogen) atoms. The number of fused-ring (bicyclic) bond motifs is 1. The molecule has 1 amide bonds. The molecule has 0 saturated carbocycles. The number of rotatable bonds is 6. The molecule has 2 heterocycles. The van der Waals surface area contributed by atoms with E-state index in [1.807, 2.05) is 19.9 Å². The Labute approximate surface area is 164 Å². The van der Waals surface area contributed by atoms with E-state index in [2.05, 4.69) is 10.3 Å². The third-order valence-electron chi connectivity index (χ3n) is 4.80. The first kappa shape index (κ1) is 20.0. The van der Waals surface area contributed by atoms with Crippen LogP contribution in [0, 0.1) is 12.8 Å². The van der Waals surface area contributed by atoms with E-state index in [0.29, 0.717) is 23.2 Å². The summed E-state index contributed by atoms with van der Waals surface area (Å²) in [6, 6.07) is 6.23. The summed E-state index contributed by atoms with van der Waals surface area (Å²) in [5.74, 6) is -1.06. The molecule has 0 radical (unpaired) electrons. The molecule has 0 saturated heterocycles. The number of amides is 1. The second-order valence-electron chi connectivity index (χ2n) is 7.14. The minimum Gasteiger partial charge on any atom is -0.459 e. The van der Waals surface area contributed by atoms with Gasteiger partial charge in [-0.3, -0.25) is 9.78 Å². The van der Waals surface area contributed by atoms with Crippen molar-refractivity contribution in [3.05, 3.63) is 58.9 Å². The van der Waals surface area contributed by atoms with E-state index in [9.17, 15) is 14.6 Å². The van der Waals surface area contributed by atoms with Crippen LogP contribution in [0.3, 0.4) is 0 Å². The molecule has 0 aliphatic carbocycles. The Morgan fingerprint density at radius 2 is 2.14 bits per heavy atom. The van der Waals surface area contributed by atoms with Crippen molar-refractivity contribution in [2.24, 2.45) is 5.92 Å². The number of esters is 1. The van der Waals surface area contributed by atoms with Crippen LogP contribution in [0.1, 0.15) is 40.9 Å². The highest BCUT2D eigenvalue weighted by atomic mass is 16.5. The van der Waals surface area contributed by atoms with Crippen LogP contribution in [0.15, 0.2) is 36.7 Å². The summed E-state index contributed by atoms with van der Waals surface area (Å²) in [5.41, 5.74) is 3.29. The number of carbonyl (C=O) groups is 2. The Hall–Kier alpha value is -2.71. The summed E-state index contributed by atoms with van der Waals surface area (Å²) >= 11 is 0. The molecule has 1 aliphatic heterocycles. The largest absolute Gasteiger partial charge is 0.492 e. The molecule has 0 spiro atoms. The van der Waals surface area contributed by atoms with Crippen molar-refractivity contribution < 1.29 is 24.0 Å². The quantitative estimate of drug-likeness (QED) is 0.574. The van der Waals surface area contributed by atoms with Gasteiger partial charge in [0.05, 0.1) is 6.61 Å². The second kappa shape index (κ2) is 8.54. The lowest BCUT2D eigenvalue weighted by molar-refractivity contribution is -0.148. The van der Waals surface area contributed by atoms with Crippen LogP contribution in [-0.2, 0) is 27.4 Å². The lowest BCUT2D eigenvalue weighted by atomic mass is 9.75. The summed E-state index contributed by atoms with van der Waals surface area (Å²) in [4.78, 5) is 29.3. The molecule has 7 nitrogen and oxygen atoms in total. The molecular formula is C20H23BN2O5. The van der Waals surface area contributed by atoms with Crippen LogP contribution in [-0.4, -0.2) is 35.0 Å². The van der Waals surface area contributed by atoms with Crippen molar-refractivity contribution in [2.45, 2.75) is 40.0 Å². The molecule has 8 heteroatoms. The normalized spacial score (nSPS) is 14.0. The van der Waals surface area contributed by atoms with Gasteiger partial charge in [-0.15, -0.1) is 0 Å². The van der Waals surface area contributed by atoms with E-state index in [1.165, 1.54) is 0 Å². The average molecular weight is 382 g/mol. The van der Waals surface area contributed by atoms with Gasteiger partial charge in [0.2, 0.25) is 0 Å². The van der Waals surface area contributed by atoms with Gasteiger partial charge in [0, 0.05) is 23.5 Å². The monoisotopic (exact) mass is 382 g/mol. The number of nitrogens with one attached hydrogen (secondary N) is 1. The fraction of sp³-hybridized carbons (Fsp3) is 0.350. The average Bonchev–Trinajstić information content (AvgIpc) is 3.06. The molecule has 1 atom stereocenters. The van der Waals surface area contributed by atoms with Gasteiger partial charge in [-0.05, 0) is 41.6 Å². The van der Waals surface area contributed by atoms with Crippen molar-refractivity contribution >= 4 is 24.5 Å². The van der Waals surface area contributed by atoms with Gasteiger partial charge in [0.1, 0.15) is 12.6 Å². The minimum absolute atomic E-state index is 0.0904. The maximum atomic E-state index is 12.8. The van der Waals surface area contributed by atoms with E-state index in [-0.39, 0.29) is 12.5 Å². The number of carbonyl (C=O) groups excluding carboxylic acids is 2. The van der Waals surface area contributed by atoms with Crippen LogP contribution in [0.2, 0.25) is 0 Å². The Balaban J connectivity index is 1.71. The highest BCUT2D eigenvalue weighted by molar-refractivity contribution is 6.62. The van der Waals surface area contributed by atoms with Crippen LogP contribution >= 0.6 is 0 Å². The summed E-state index contributed by atoms with van der Waals surface area (Å²) < 4.78 is 10.6. The van der Waals surface area contributed by atoms with Crippen molar-refractivity contribution in [1.29, 1.82) is 0 Å². The lowest BCUT2D eigenvalue weighted by Gasteiger charge is -2.22. The number of nitrogens with zero attached hydrogens (tertiary/aromatic N) is 1. The molecule has 0 fully saturated rings. The van der Waals surface area contributed by atoms with Crippen molar-refractivity contribution in [1.82, 2.24) is 10.3 Å². The Bertz CT molecular complexity index is 872. The zero-order chi connectivity index (χ0) is 20.3. The SMILES string of the molecule is Cc1c(C(=O)NC(C(=O)OCc2cccnc2)C(C)C)ccc2c1B(O)OC2. The number of aromatic nitrogens is 1. The fourth-order valence-corrected chi connectivity index (χ4v) is 3.20. The topological polar surface area (TPSA) is 97.8 Å². The van der Waals surface area contributed by atoms with Crippen LogP contribution in [0.25, 0.3) is 0 Å². The van der Waals surface area contributed by atoms with Gasteiger partial charge in [0.15, 0.2) is 0 Å². The Morgan fingerprint density at radius 1 is 1.36 bits per heavy atom. The van der Waals surface area contributed by atoms with Crippen LogP contribution < -0.4 is 10.8 Å². The molecule has 1 aliphatic rings. The first-order chi connectivity index (χ1) is 13.4. The second-order valence-corrected chi connectivity index (χ2v) is 7.14. The lowest BCUT2D eigenvalue weighted by Crippen LogP contribution is -2.46. The predicted octanol–water partition coefficient (Wildman–Crippen LogP) is 1.11. The van der Waals surface area contributed by atoms with E-state index < -0.39 is 25.0 Å². The van der Waals surface area contributed by atoms with E-state index in [4.69, 9.17) is 9.39 Å². The van der Waals surface area contributed by atoms with E-state index >= 15 is 0 Å². The standard InChI is InChI=1S/C20H23BN2O5/c1-12(2)18(20(25)27-10-14-5-4-8-22-9-14)23-19(24)16-7-6-15-11-28-21(26)17(15)13(16)3/h4-9,12,18,26H,10-11H2,1-3H3,(H,23,24). The molecule has 0 bridgehead atoms. The number of hydrogen-bond acceptors (Lipinski definition) is 6. The molecule has 146 valence electrons. The van der Waals surface area contributed by atoms with Gasteiger partial charge in [-0.25, -0.2) is 4.79 Å². The van der Waals surface area contributed by atoms with E-state index in [1.54, 1.807) is 37.5 Å². The maximum absolute atomic E-state index is 12.8. The predicted molar refractivity (Wildman–Crippen MR) is 104 cm³/mol. The van der Waals surface area contributed by atoms with Crippen molar-refractivity contribution in [2.75, 3.05) is 0 Å².